The van der Waals surface area contributed by atoms with Crippen molar-refractivity contribution in [2.45, 2.75) is 0 Å². The molecule has 0 aliphatic carbocycles. The Labute approximate surface area is 121 Å². The van der Waals surface area contributed by atoms with Gasteiger partial charge in [-0.3, -0.25) is 0 Å². The number of hydrogen-bond acceptors (Lipinski definition) is 4. The maximum absolute atomic E-state index is 6.11. The number of hydrogen-bond donors (Lipinski definition) is 1. The predicted molar refractivity (Wildman–Crippen MR) is 83.5 cm³/mol. The molecule has 0 aliphatic heterocycles. The van der Waals surface area contributed by atoms with Crippen LogP contribution >= 0.6 is 11.6 Å². The van der Waals surface area contributed by atoms with Crippen molar-refractivity contribution in [2.75, 3.05) is 17.7 Å². The van der Waals surface area contributed by atoms with E-state index in [1.165, 1.54) is 0 Å². The third kappa shape index (κ3) is 2.26. The van der Waals surface area contributed by atoms with E-state index in [1.807, 2.05) is 54.4 Å². The molecule has 0 unspecified atom stereocenters. The molecule has 1 aromatic carbocycles. The standard InChI is InChI=1S/C15H13ClN4/c1-20(13-3-2-8-18-15(13)16)14-7-4-10-9-11(17)5-6-12(10)19-14/h2-9H,17H2,1H3. The Morgan fingerprint density at radius 3 is 2.80 bits per heavy atom. The summed E-state index contributed by atoms with van der Waals surface area (Å²) in [6, 6.07) is 13.3. The zero-order valence-corrected chi connectivity index (χ0v) is 11.7. The molecule has 0 amide bonds. The van der Waals surface area contributed by atoms with Gasteiger partial charge in [-0.2, -0.15) is 0 Å². The highest BCUT2D eigenvalue weighted by atomic mass is 35.5. The first-order valence-corrected chi connectivity index (χ1v) is 6.53. The Hall–Kier alpha value is -2.33. The largest absolute Gasteiger partial charge is 0.399 e. The van der Waals surface area contributed by atoms with E-state index in [4.69, 9.17) is 17.3 Å². The van der Waals surface area contributed by atoms with E-state index in [9.17, 15) is 0 Å². The summed E-state index contributed by atoms with van der Waals surface area (Å²) in [5.74, 6) is 0.803. The maximum Gasteiger partial charge on any atom is 0.152 e. The number of nitrogen functional groups attached to an aromatic ring is 1. The number of nitrogens with zero attached hydrogens (tertiary/aromatic N) is 3. The fraction of sp³-hybridized carbons (Fsp3) is 0.0667. The van der Waals surface area contributed by atoms with Crippen molar-refractivity contribution in [1.29, 1.82) is 0 Å². The summed E-state index contributed by atoms with van der Waals surface area (Å²) in [5.41, 5.74) is 8.21. The molecule has 20 heavy (non-hydrogen) atoms. The van der Waals surface area contributed by atoms with Gasteiger partial charge in [-0.25, -0.2) is 9.97 Å². The van der Waals surface area contributed by atoms with Crippen LogP contribution in [0.2, 0.25) is 5.15 Å². The van der Waals surface area contributed by atoms with Crippen molar-refractivity contribution in [2.24, 2.45) is 0 Å². The average molecular weight is 285 g/mol. The Morgan fingerprint density at radius 1 is 1.15 bits per heavy atom. The van der Waals surface area contributed by atoms with E-state index in [0.29, 0.717) is 5.15 Å². The minimum Gasteiger partial charge on any atom is -0.399 e. The lowest BCUT2D eigenvalue weighted by Gasteiger charge is -2.19. The van der Waals surface area contributed by atoms with Gasteiger partial charge in [0, 0.05) is 24.3 Å². The van der Waals surface area contributed by atoms with Gasteiger partial charge in [0.25, 0.3) is 0 Å². The molecule has 0 atom stereocenters. The zero-order valence-electron chi connectivity index (χ0n) is 10.9. The predicted octanol–water partition coefficient (Wildman–Crippen LogP) is 3.63. The lowest BCUT2D eigenvalue weighted by atomic mass is 10.2. The number of aromatic nitrogens is 2. The van der Waals surface area contributed by atoms with E-state index in [1.54, 1.807) is 6.20 Å². The highest BCUT2D eigenvalue weighted by Gasteiger charge is 2.10. The average Bonchev–Trinajstić information content (AvgIpc) is 2.46. The number of anilines is 3. The van der Waals surface area contributed by atoms with Gasteiger partial charge >= 0.3 is 0 Å². The first-order valence-electron chi connectivity index (χ1n) is 6.16. The quantitative estimate of drug-likeness (QED) is 0.577. The fourth-order valence-electron chi connectivity index (χ4n) is 2.07. The third-order valence-corrected chi connectivity index (χ3v) is 3.43. The first-order chi connectivity index (χ1) is 9.65. The Kier molecular flexibility index (Phi) is 3.16. The highest BCUT2D eigenvalue weighted by molar-refractivity contribution is 6.32. The van der Waals surface area contributed by atoms with Gasteiger partial charge in [-0.15, -0.1) is 0 Å². The fourth-order valence-corrected chi connectivity index (χ4v) is 2.32. The summed E-state index contributed by atoms with van der Waals surface area (Å²) in [5, 5.41) is 1.47. The minimum atomic E-state index is 0.453. The molecule has 0 saturated carbocycles. The van der Waals surface area contributed by atoms with Gasteiger partial charge < -0.3 is 10.6 Å². The van der Waals surface area contributed by atoms with Crippen LogP contribution < -0.4 is 10.6 Å². The number of fused-ring (bicyclic) bond motifs is 1. The summed E-state index contributed by atoms with van der Waals surface area (Å²) in [6.45, 7) is 0. The van der Waals surface area contributed by atoms with Crippen molar-refractivity contribution in [3.8, 4) is 0 Å². The highest BCUT2D eigenvalue weighted by Crippen LogP contribution is 2.28. The molecular formula is C15H13ClN4. The van der Waals surface area contributed by atoms with E-state index in [-0.39, 0.29) is 0 Å². The van der Waals surface area contributed by atoms with Crippen molar-refractivity contribution in [1.82, 2.24) is 9.97 Å². The lowest BCUT2D eigenvalue weighted by Crippen LogP contribution is -2.12. The molecule has 0 saturated heterocycles. The Balaban J connectivity index is 2.06. The topological polar surface area (TPSA) is 55.0 Å². The van der Waals surface area contributed by atoms with Gasteiger partial charge in [0.15, 0.2) is 5.15 Å². The van der Waals surface area contributed by atoms with E-state index in [2.05, 4.69) is 9.97 Å². The van der Waals surface area contributed by atoms with Crippen LogP contribution in [0.5, 0.6) is 0 Å². The molecular weight excluding hydrogens is 272 g/mol. The van der Waals surface area contributed by atoms with Crippen LogP contribution in [-0.4, -0.2) is 17.0 Å². The van der Waals surface area contributed by atoms with E-state index < -0.39 is 0 Å². The molecule has 2 aromatic heterocycles. The summed E-state index contributed by atoms with van der Waals surface area (Å²) >= 11 is 6.11. The molecule has 100 valence electrons. The molecule has 4 nitrogen and oxygen atoms in total. The normalized spacial score (nSPS) is 10.7. The van der Waals surface area contributed by atoms with Crippen LogP contribution in [-0.2, 0) is 0 Å². The van der Waals surface area contributed by atoms with Gasteiger partial charge in [0.05, 0.1) is 11.2 Å². The SMILES string of the molecule is CN(c1ccc2cc(N)ccc2n1)c1cccnc1Cl. The molecule has 0 aliphatic rings. The number of benzene rings is 1. The van der Waals surface area contributed by atoms with Crippen LogP contribution in [0.25, 0.3) is 10.9 Å². The van der Waals surface area contributed by atoms with Gasteiger partial charge in [-0.1, -0.05) is 11.6 Å². The van der Waals surface area contributed by atoms with Crippen LogP contribution in [0.1, 0.15) is 0 Å². The molecule has 3 rings (SSSR count). The molecule has 2 heterocycles. The van der Waals surface area contributed by atoms with E-state index in [0.717, 1.165) is 28.1 Å². The Bertz CT molecular complexity index is 773. The Morgan fingerprint density at radius 2 is 2.00 bits per heavy atom. The van der Waals surface area contributed by atoms with Crippen molar-refractivity contribution >= 4 is 39.7 Å². The molecule has 0 fully saturated rings. The number of nitrogens with two attached hydrogens (primary N) is 1. The summed E-state index contributed by atoms with van der Waals surface area (Å²) in [6.07, 6.45) is 1.66. The van der Waals surface area contributed by atoms with Crippen LogP contribution in [0.3, 0.4) is 0 Å². The number of pyridine rings is 2. The van der Waals surface area contributed by atoms with Crippen molar-refractivity contribution in [3.05, 3.63) is 53.8 Å². The molecule has 5 heteroatoms. The second-order valence-corrected chi connectivity index (χ2v) is 4.85. The zero-order chi connectivity index (χ0) is 14.1. The van der Waals surface area contributed by atoms with Gasteiger partial charge in [-0.05, 0) is 42.5 Å². The van der Waals surface area contributed by atoms with Crippen LogP contribution in [0.15, 0.2) is 48.7 Å². The first kappa shape index (κ1) is 12.7. The number of halogens is 1. The smallest absolute Gasteiger partial charge is 0.152 e. The van der Waals surface area contributed by atoms with Crippen molar-refractivity contribution in [3.63, 3.8) is 0 Å². The minimum absolute atomic E-state index is 0.453. The van der Waals surface area contributed by atoms with Crippen LogP contribution in [0, 0.1) is 0 Å². The molecule has 0 spiro atoms. The van der Waals surface area contributed by atoms with Gasteiger partial charge in [0.2, 0.25) is 0 Å². The second-order valence-electron chi connectivity index (χ2n) is 4.49. The molecule has 3 aromatic rings. The summed E-state index contributed by atoms with van der Waals surface area (Å²) in [7, 11) is 1.91. The monoisotopic (exact) mass is 284 g/mol. The van der Waals surface area contributed by atoms with E-state index >= 15 is 0 Å². The molecule has 2 N–H and O–H groups in total. The van der Waals surface area contributed by atoms with Crippen molar-refractivity contribution < 1.29 is 0 Å². The second kappa shape index (κ2) is 4.98. The maximum atomic E-state index is 6.11. The summed E-state index contributed by atoms with van der Waals surface area (Å²) < 4.78 is 0. The lowest BCUT2D eigenvalue weighted by molar-refractivity contribution is 1.13. The molecule has 0 bridgehead atoms. The van der Waals surface area contributed by atoms with Gasteiger partial charge in [0.1, 0.15) is 5.82 Å². The number of rotatable bonds is 2. The van der Waals surface area contributed by atoms with Crippen LogP contribution in [0.4, 0.5) is 17.2 Å². The molecule has 0 radical (unpaired) electrons. The summed E-state index contributed by atoms with van der Waals surface area (Å²) in [4.78, 5) is 10.6. The third-order valence-electron chi connectivity index (χ3n) is 3.14.